The first-order valence-corrected chi connectivity index (χ1v) is 10.1. The molecule has 0 aliphatic heterocycles. The number of nitrogen functional groups attached to an aromatic ring is 2. The highest BCUT2D eigenvalue weighted by atomic mass is 35.5. The summed E-state index contributed by atoms with van der Waals surface area (Å²) in [6.45, 7) is 0. The largest absolute Gasteiger partial charge is 0.399 e. The minimum Gasteiger partial charge on any atom is -0.399 e. The number of anilines is 2. The third-order valence-corrected chi connectivity index (χ3v) is 4.82. The predicted molar refractivity (Wildman–Crippen MR) is 128 cm³/mol. The standard InChI is InChI=1S/C16H14N4.C7H3Cl3O/c17-13-5-1-11(2-6-13)15-9-16(20-10-19-15)12-3-7-14(18)8-4-12;8-5-1-4(7(10)11)2-6(9)3-5/h1-10H,17-18H2;1-3H. The SMILES string of the molecule is Nc1ccc(-c2cc(-c3ccc(N)cc3)ncn2)cc1.O=C(Cl)c1cc(Cl)cc(Cl)c1. The Bertz CT molecular complexity index is 1120. The van der Waals surface area contributed by atoms with Crippen LogP contribution in [-0.4, -0.2) is 15.2 Å². The molecule has 0 radical (unpaired) electrons. The van der Waals surface area contributed by atoms with Gasteiger partial charge in [-0.15, -0.1) is 0 Å². The van der Waals surface area contributed by atoms with Gasteiger partial charge in [0.15, 0.2) is 0 Å². The summed E-state index contributed by atoms with van der Waals surface area (Å²) < 4.78 is 0. The van der Waals surface area contributed by atoms with Gasteiger partial charge in [0.05, 0.1) is 11.4 Å². The second-order valence-corrected chi connectivity index (χ2v) is 7.68. The lowest BCUT2D eigenvalue weighted by molar-refractivity contribution is 0.108. The van der Waals surface area contributed by atoms with Gasteiger partial charge in [-0.1, -0.05) is 47.5 Å². The van der Waals surface area contributed by atoms with Gasteiger partial charge in [-0.3, -0.25) is 4.79 Å². The maximum Gasteiger partial charge on any atom is 0.252 e. The molecule has 0 aliphatic carbocycles. The highest BCUT2D eigenvalue weighted by Crippen LogP contribution is 2.24. The number of nitrogens with two attached hydrogens (primary N) is 2. The first kappa shape index (κ1) is 22.6. The second-order valence-electron chi connectivity index (χ2n) is 6.46. The van der Waals surface area contributed by atoms with E-state index in [4.69, 9.17) is 46.3 Å². The summed E-state index contributed by atoms with van der Waals surface area (Å²) in [6, 6.07) is 21.7. The number of rotatable bonds is 3. The Kier molecular flexibility index (Phi) is 7.47. The molecule has 1 heterocycles. The minimum absolute atomic E-state index is 0.309. The molecule has 8 heteroatoms. The smallest absolute Gasteiger partial charge is 0.252 e. The Morgan fingerprint density at radius 1 is 0.677 bits per heavy atom. The molecule has 4 rings (SSSR count). The number of carbonyl (C=O) groups excluding carboxylic acids is 1. The van der Waals surface area contributed by atoms with Crippen molar-refractivity contribution in [3.8, 4) is 22.5 Å². The van der Waals surface area contributed by atoms with Crippen LogP contribution in [0, 0.1) is 0 Å². The van der Waals surface area contributed by atoms with Crippen molar-refractivity contribution in [1.82, 2.24) is 9.97 Å². The van der Waals surface area contributed by atoms with Crippen LogP contribution in [0.15, 0.2) is 79.1 Å². The lowest BCUT2D eigenvalue weighted by Gasteiger charge is -2.05. The zero-order valence-corrected chi connectivity index (χ0v) is 18.4. The summed E-state index contributed by atoms with van der Waals surface area (Å²) in [5, 5.41) is 0.248. The molecule has 0 fully saturated rings. The fraction of sp³-hybridized carbons (Fsp3) is 0. The molecule has 0 saturated heterocycles. The molecule has 5 nitrogen and oxygen atoms in total. The van der Waals surface area contributed by atoms with E-state index in [1.54, 1.807) is 6.33 Å². The van der Waals surface area contributed by atoms with Gasteiger partial charge in [0.2, 0.25) is 0 Å². The fourth-order valence-electron chi connectivity index (χ4n) is 2.65. The zero-order chi connectivity index (χ0) is 22.4. The first-order valence-electron chi connectivity index (χ1n) is 9.01. The number of halogens is 3. The summed E-state index contributed by atoms with van der Waals surface area (Å²) in [6.07, 6.45) is 1.57. The van der Waals surface area contributed by atoms with E-state index in [-0.39, 0.29) is 0 Å². The van der Waals surface area contributed by atoms with Gasteiger partial charge in [-0.25, -0.2) is 9.97 Å². The van der Waals surface area contributed by atoms with Crippen molar-refractivity contribution in [2.45, 2.75) is 0 Å². The van der Waals surface area contributed by atoms with Crippen molar-refractivity contribution in [2.75, 3.05) is 11.5 Å². The third-order valence-electron chi connectivity index (χ3n) is 4.17. The van der Waals surface area contributed by atoms with Crippen molar-refractivity contribution >= 4 is 51.4 Å². The highest BCUT2D eigenvalue weighted by molar-refractivity contribution is 6.68. The lowest BCUT2D eigenvalue weighted by Crippen LogP contribution is -1.91. The van der Waals surface area contributed by atoms with Crippen molar-refractivity contribution in [1.29, 1.82) is 0 Å². The van der Waals surface area contributed by atoms with Crippen LogP contribution in [-0.2, 0) is 0 Å². The van der Waals surface area contributed by atoms with Crippen LogP contribution in [0.2, 0.25) is 10.0 Å². The van der Waals surface area contributed by atoms with Crippen molar-refractivity contribution in [2.24, 2.45) is 0 Å². The van der Waals surface area contributed by atoms with E-state index >= 15 is 0 Å². The third kappa shape index (κ3) is 6.43. The molecule has 156 valence electrons. The van der Waals surface area contributed by atoms with E-state index in [0.717, 1.165) is 33.9 Å². The molecular formula is C23H17Cl3N4O. The molecule has 0 amide bonds. The fourth-order valence-corrected chi connectivity index (χ4v) is 3.28. The number of hydrogen-bond donors (Lipinski definition) is 2. The van der Waals surface area contributed by atoms with Crippen LogP contribution in [0.25, 0.3) is 22.5 Å². The number of hydrogen-bond acceptors (Lipinski definition) is 5. The van der Waals surface area contributed by atoms with Crippen molar-refractivity contribution in [3.63, 3.8) is 0 Å². The van der Waals surface area contributed by atoms with Crippen LogP contribution >= 0.6 is 34.8 Å². The second kappa shape index (κ2) is 10.3. The molecule has 1 aromatic heterocycles. The van der Waals surface area contributed by atoms with E-state index in [2.05, 4.69) is 9.97 Å². The number of carbonyl (C=O) groups is 1. The molecule has 0 atom stereocenters. The summed E-state index contributed by atoms with van der Waals surface area (Å²) in [7, 11) is 0. The molecule has 4 aromatic rings. The van der Waals surface area contributed by atoms with Gasteiger partial charge in [0.1, 0.15) is 6.33 Å². The Morgan fingerprint density at radius 2 is 1.10 bits per heavy atom. The van der Waals surface area contributed by atoms with Gasteiger partial charge in [0.25, 0.3) is 5.24 Å². The molecule has 0 bridgehead atoms. The normalized spacial score (nSPS) is 10.2. The van der Waals surface area contributed by atoms with E-state index in [9.17, 15) is 4.79 Å². The van der Waals surface area contributed by atoms with Gasteiger partial charge < -0.3 is 11.5 Å². The Labute approximate surface area is 194 Å². The Balaban J connectivity index is 0.000000210. The number of benzene rings is 3. The van der Waals surface area contributed by atoms with Crippen LogP contribution in [0.3, 0.4) is 0 Å². The first-order chi connectivity index (χ1) is 14.8. The van der Waals surface area contributed by atoms with Crippen LogP contribution < -0.4 is 11.5 Å². The van der Waals surface area contributed by atoms with Crippen molar-refractivity contribution < 1.29 is 4.79 Å². The molecule has 0 aliphatic rings. The highest BCUT2D eigenvalue weighted by Gasteiger charge is 2.05. The Hall–Kier alpha value is -3.12. The molecule has 0 spiro atoms. The summed E-state index contributed by atoms with van der Waals surface area (Å²) >= 11 is 16.4. The van der Waals surface area contributed by atoms with Crippen molar-refractivity contribution in [3.05, 3.63) is 94.7 Å². The molecule has 3 aromatic carbocycles. The number of aromatic nitrogens is 2. The maximum atomic E-state index is 10.6. The molecule has 0 saturated carbocycles. The van der Waals surface area contributed by atoms with Gasteiger partial charge in [0, 0.05) is 38.1 Å². The lowest BCUT2D eigenvalue weighted by atomic mass is 10.1. The number of nitrogens with zero attached hydrogens (tertiary/aromatic N) is 2. The monoisotopic (exact) mass is 470 g/mol. The summed E-state index contributed by atoms with van der Waals surface area (Å²) in [5.74, 6) is 0. The Morgan fingerprint density at radius 3 is 1.48 bits per heavy atom. The predicted octanol–water partition coefficient (Wildman–Crippen LogP) is 6.35. The summed E-state index contributed by atoms with van der Waals surface area (Å²) in [5.41, 5.74) is 16.9. The average molecular weight is 472 g/mol. The quantitative estimate of drug-likeness (QED) is 0.268. The summed E-state index contributed by atoms with van der Waals surface area (Å²) in [4.78, 5) is 19.2. The zero-order valence-electron chi connectivity index (χ0n) is 16.1. The van der Waals surface area contributed by atoms with Crippen LogP contribution in [0.4, 0.5) is 11.4 Å². The van der Waals surface area contributed by atoms with E-state index < -0.39 is 5.24 Å². The molecule has 4 N–H and O–H groups in total. The van der Waals surface area contributed by atoms with E-state index in [1.165, 1.54) is 18.2 Å². The maximum absolute atomic E-state index is 10.6. The van der Waals surface area contributed by atoms with Crippen LogP contribution in [0.5, 0.6) is 0 Å². The molecule has 0 unspecified atom stereocenters. The minimum atomic E-state index is -0.561. The van der Waals surface area contributed by atoms with Gasteiger partial charge in [-0.05, 0) is 60.1 Å². The van der Waals surface area contributed by atoms with Gasteiger partial charge >= 0.3 is 0 Å². The van der Waals surface area contributed by atoms with Gasteiger partial charge in [-0.2, -0.15) is 0 Å². The topological polar surface area (TPSA) is 94.9 Å². The molecular weight excluding hydrogens is 455 g/mol. The van der Waals surface area contributed by atoms with E-state index in [1.807, 2.05) is 54.6 Å². The van der Waals surface area contributed by atoms with E-state index in [0.29, 0.717) is 15.6 Å². The average Bonchev–Trinajstić information content (AvgIpc) is 2.75. The van der Waals surface area contributed by atoms with Crippen LogP contribution in [0.1, 0.15) is 10.4 Å². The molecule has 31 heavy (non-hydrogen) atoms.